The second-order valence-corrected chi connectivity index (χ2v) is 8.56. The van der Waals surface area contributed by atoms with Crippen molar-refractivity contribution in [3.05, 3.63) is 47.6 Å². The maximum absolute atomic E-state index is 12.6. The molecule has 0 atom stereocenters. The van der Waals surface area contributed by atoms with Crippen molar-refractivity contribution in [3.8, 4) is 21.8 Å². The van der Waals surface area contributed by atoms with E-state index in [1.165, 1.54) is 11.3 Å². The third-order valence-corrected chi connectivity index (χ3v) is 5.85. The number of likely N-dealkylation sites (N-methyl/N-ethyl adjacent to an activating group) is 1. The Kier molecular flexibility index (Phi) is 5.96. The topological polar surface area (TPSA) is 81.3 Å². The maximum Gasteiger partial charge on any atom is 0.270 e. The summed E-state index contributed by atoms with van der Waals surface area (Å²) in [4.78, 5) is 36.1. The van der Waals surface area contributed by atoms with Gasteiger partial charge in [0.1, 0.15) is 10.7 Å². The molecule has 30 heavy (non-hydrogen) atoms. The fraction of sp³-hybridized carbons (Fsp3) is 0.318. The van der Waals surface area contributed by atoms with Crippen LogP contribution in [0.5, 0.6) is 0 Å². The molecular formula is C22H25N5O2S. The normalized spacial score (nSPS) is 13.8. The standard InChI is InChI=1S/C22H25N5O2S/c1-26(2)13-20(28)24-17-7-5-6-15(10-17)21-25-19(14-30-21)16-11-18(23-12-16)22(29)27-8-3-4-9-27/h5-7,10-12,14,23H,3-4,8-9,13H2,1-2H3,(H,24,28). The van der Waals surface area contributed by atoms with Gasteiger partial charge in [0.25, 0.3) is 5.91 Å². The summed E-state index contributed by atoms with van der Waals surface area (Å²) in [6.45, 7) is 1.99. The minimum atomic E-state index is -0.0560. The molecule has 0 saturated carbocycles. The average Bonchev–Trinajstić information content (AvgIpc) is 3.48. The van der Waals surface area contributed by atoms with Crippen molar-refractivity contribution in [2.75, 3.05) is 39.0 Å². The second kappa shape index (κ2) is 8.81. The van der Waals surface area contributed by atoms with Gasteiger partial charge in [0, 0.05) is 41.5 Å². The SMILES string of the molecule is CN(C)CC(=O)Nc1cccc(-c2nc(-c3c[nH]c(C(=O)N4CCCC4)c3)cs2)c1. The lowest BCUT2D eigenvalue weighted by Gasteiger charge is -2.13. The predicted molar refractivity (Wildman–Crippen MR) is 120 cm³/mol. The van der Waals surface area contributed by atoms with E-state index in [4.69, 9.17) is 4.98 Å². The summed E-state index contributed by atoms with van der Waals surface area (Å²) >= 11 is 1.54. The Morgan fingerprint density at radius 3 is 2.77 bits per heavy atom. The highest BCUT2D eigenvalue weighted by Crippen LogP contribution is 2.30. The molecule has 7 nitrogen and oxygen atoms in total. The van der Waals surface area contributed by atoms with Crippen molar-refractivity contribution < 1.29 is 9.59 Å². The van der Waals surface area contributed by atoms with Crippen molar-refractivity contribution in [1.82, 2.24) is 19.8 Å². The first-order valence-corrected chi connectivity index (χ1v) is 10.9. The molecule has 1 aromatic carbocycles. The number of hydrogen-bond acceptors (Lipinski definition) is 5. The number of carbonyl (C=O) groups is 2. The summed E-state index contributed by atoms with van der Waals surface area (Å²) in [5.74, 6) is -0.00475. The lowest BCUT2D eigenvalue weighted by Crippen LogP contribution is -2.27. The van der Waals surface area contributed by atoms with E-state index < -0.39 is 0 Å². The summed E-state index contributed by atoms with van der Waals surface area (Å²) in [5, 5.41) is 5.76. The van der Waals surface area contributed by atoms with Gasteiger partial charge in [-0.2, -0.15) is 0 Å². The van der Waals surface area contributed by atoms with Crippen LogP contribution >= 0.6 is 11.3 Å². The van der Waals surface area contributed by atoms with E-state index in [2.05, 4.69) is 10.3 Å². The number of rotatable bonds is 6. The molecule has 1 aliphatic rings. The molecule has 2 amide bonds. The number of aromatic nitrogens is 2. The van der Waals surface area contributed by atoms with Crippen LogP contribution in [-0.2, 0) is 4.79 Å². The molecule has 0 bridgehead atoms. The quantitative estimate of drug-likeness (QED) is 0.635. The van der Waals surface area contributed by atoms with Crippen LogP contribution in [0.1, 0.15) is 23.3 Å². The molecule has 3 heterocycles. The van der Waals surface area contributed by atoms with Gasteiger partial charge in [-0.1, -0.05) is 12.1 Å². The lowest BCUT2D eigenvalue weighted by molar-refractivity contribution is -0.116. The van der Waals surface area contributed by atoms with E-state index in [9.17, 15) is 9.59 Å². The van der Waals surface area contributed by atoms with Crippen LogP contribution in [0.3, 0.4) is 0 Å². The van der Waals surface area contributed by atoms with Crippen LogP contribution in [0.4, 0.5) is 5.69 Å². The molecule has 0 aliphatic carbocycles. The van der Waals surface area contributed by atoms with E-state index in [1.54, 1.807) is 0 Å². The largest absolute Gasteiger partial charge is 0.357 e. The van der Waals surface area contributed by atoms with Crippen molar-refractivity contribution in [1.29, 1.82) is 0 Å². The summed E-state index contributed by atoms with van der Waals surface area (Å²) in [7, 11) is 3.72. The van der Waals surface area contributed by atoms with E-state index in [0.717, 1.165) is 53.4 Å². The first-order valence-electron chi connectivity index (χ1n) is 9.98. The van der Waals surface area contributed by atoms with Crippen LogP contribution in [-0.4, -0.2) is 65.3 Å². The molecular weight excluding hydrogens is 398 g/mol. The van der Waals surface area contributed by atoms with Gasteiger partial charge in [-0.3, -0.25) is 9.59 Å². The van der Waals surface area contributed by atoms with Crippen LogP contribution in [0.25, 0.3) is 21.8 Å². The maximum atomic E-state index is 12.6. The first kappa shape index (κ1) is 20.3. The zero-order chi connectivity index (χ0) is 21.1. The van der Waals surface area contributed by atoms with Gasteiger partial charge in [-0.15, -0.1) is 11.3 Å². The lowest BCUT2D eigenvalue weighted by atomic mass is 10.2. The molecule has 1 fully saturated rings. The minimum absolute atomic E-state index is 0.0513. The molecule has 1 aliphatic heterocycles. The number of nitrogens with one attached hydrogen (secondary N) is 2. The summed E-state index contributed by atoms with van der Waals surface area (Å²) in [6, 6.07) is 9.55. The van der Waals surface area contributed by atoms with Gasteiger partial charge in [0.15, 0.2) is 0 Å². The molecule has 0 radical (unpaired) electrons. The van der Waals surface area contributed by atoms with E-state index in [0.29, 0.717) is 12.2 Å². The Morgan fingerprint density at radius 1 is 1.20 bits per heavy atom. The Morgan fingerprint density at radius 2 is 2.00 bits per heavy atom. The predicted octanol–water partition coefficient (Wildman–Crippen LogP) is 3.54. The Hall–Kier alpha value is -2.97. The van der Waals surface area contributed by atoms with Crippen LogP contribution in [0.2, 0.25) is 0 Å². The van der Waals surface area contributed by atoms with Crippen LogP contribution in [0.15, 0.2) is 41.9 Å². The summed E-state index contributed by atoms with van der Waals surface area (Å²) in [5.41, 5.74) is 4.02. The number of anilines is 1. The molecule has 2 N–H and O–H groups in total. The molecule has 0 spiro atoms. The highest BCUT2D eigenvalue weighted by atomic mass is 32.1. The van der Waals surface area contributed by atoms with Gasteiger partial charge in [0.2, 0.25) is 5.91 Å². The van der Waals surface area contributed by atoms with Gasteiger partial charge in [-0.25, -0.2) is 4.98 Å². The third kappa shape index (κ3) is 4.60. The number of benzene rings is 1. The van der Waals surface area contributed by atoms with E-state index >= 15 is 0 Å². The number of H-pyrrole nitrogens is 1. The van der Waals surface area contributed by atoms with Crippen molar-refractivity contribution in [2.45, 2.75) is 12.8 Å². The zero-order valence-electron chi connectivity index (χ0n) is 17.1. The molecule has 4 rings (SSSR count). The first-order chi connectivity index (χ1) is 14.5. The van der Waals surface area contributed by atoms with Crippen molar-refractivity contribution >= 4 is 28.8 Å². The van der Waals surface area contributed by atoms with Gasteiger partial charge in [-0.05, 0) is 45.1 Å². The highest BCUT2D eigenvalue weighted by molar-refractivity contribution is 7.13. The smallest absolute Gasteiger partial charge is 0.270 e. The number of aromatic amines is 1. The average molecular weight is 424 g/mol. The Bertz CT molecular complexity index is 1050. The number of nitrogens with zero attached hydrogens (tertiary/aromatic N) is 3. The fourth-order valence-electron chi connectivity index (χ4n) is 3.51. The number of hydrogen-bond donors (Lipinski definition) is 2. The monoisotopic (exact) mass is 423 g/mol. The molecule has 0 unspecified atom stereocenters. The molecule has 1 saturated heterocycles. The zero-order valence-corrected chi connectivity index (χ0v) is 18.0. The Labute approximate surface area is 179 Å². The third-order valence-electron chi connectivity index (χ3n) is 4.96. The van der Waals surface area contributed by atoms with E-state index in [1.807, 2.05) is 65.8 Å². The summed E-state index contributed by atoms with van der Waals surface area (Å²) in [6.07, 6.45) is 3.98. The van der Waals surface area contributed by atoms with E-state index in [-0.39, 0.29) is 11.8 Å². The van der Waals surface area contributed by atoms with Crippen LogP contribution < -0.4 is 5.32 Å². The molecule has 3 aromatic rings. The van der Waals surface area contributed by atoms with Crippen molar-refractivity contribution in [3.63, 3.8) is 0 Å². The number of likely N-dealkylation sites (tertiary alicyclic amines) is 1. The minimum Gasteiger partial charge on any atom is -0.357 e. The summed E-state index contributed by atoms with van der Waals surface area (Å²) < 4.78 is 0. The second-order valence-electron chi connectivity index (χ2n) is 7.71. The van der Waals surface area contributed by atoms with Crippen molar-refractivity contribution in [2.24, 2.45) is 0 Å². The number of amides is 2. The van der Waals surface area contributed by atoms with Gasteiger partial charge < -0.3 is 20.1 Å². The van der Waals surface area contributed by atoms with Gasteiger partial charge in [0.05, 0.1) is 12.2 Å². The highest BCUT2D eigenvalue weighted by Gasteiger charge is 2.21. The van der Waals surface area contributed by atoms with Gasteiger partial charge >= 0.3 is 0 Å². The molecule has 2 aromatic heterocycles. The number of thiazole rings is 1. The molecule has 156 valence electrons. The number of carbonyl (C=O) groups excluding carboxylic acids is 2. The van der Waals surface area contributed by atoms with Crippen LogP contribution in [0, 0.1) is 0 Å². The fourth-order valence-corrected chi connectivity index (χ4v) is 4.34. The Balaban J connectivity index is 1.49. The molecule has 8 heteroatoms.